The van der Waals surface area contributed by atoms with Gasteiger partial charge in [-0.05, 0) is 25.8 Å². The standard InChI is InChI=1S/C15H20N2O6S/c1-11-2-3-13(8-14(11)17(18)19)24(20,21)16-12-4-6-23-15(9-12)5-7-22-10-15/h2-3,8,12,16H,4-7,9-10H2,1H3/t12-,15+/m1/s1. The van der Waals surface area contributed by atoms with E-state index in [0.29, 0.717) is 38.2 Å². The minimum absolute atomic E-state index is 0.0944. The van der Waals surface area contributed by atoms with Gasteiger partial charge in [-0.1, -0.05) is 6.07 Å². The smallest absolute Gasteiger partial charge is 0.273 e. The molecule has 1 spiro atoms. The number of nitro benzene ring substituents is 1. The Morgan fingerprint density at radius 1 is 1.38 bits per heavy atom. The number of hydrogen-bond acceptors (Lipinski definition) is 6. The summed E-state index contributed by atoms with van der Waals surface area (Å²) in [6, 6.07) is 3.66. The van der Waals surface area contributed by atoms with Crippen molar-refractivity contribution in [2.75, 3.05) is 19.8 Å². The zero-order valence-electron chi connectivity index (χ0n) is 13.4. The Balaban J connectivity index is 1.78. The highest BCUT2D eigenvalue weighted by molar-refractivity contribution is 7.89. The maximum Gasteiger partial charge on any atom is 0.273 e. The van der Waals surface area contributed by atoms with Gasteiger partial charge in [0.1, 0.15) is 0 Å². The zero-order valence-corrected chi connectivity index (χ0v) is 14.2. The van der Waals surface area contributed by atoms with Crippen molar-refractivity contribution in [3.8, 4) is 0 Å². The molecule has 0 aliphatic carbocycles. The molecule has 2 saturated heterocycles. The van der Waals surface area contributed by atoms with E-state index in [1.54, 1.807) is 6.92 Å². The first-order valence-corrected chi connectivity index (χ1v) is 9.29. The van der Waals surface area contributed by atoms with Gasteiger partial charge in [0, 0.05) is 37.3 Å². The van der Waals surface area contributed by atoms with Crippen LogP contribution in [0.25, 0.3) is 0 Å². The van der Waals surface area contributed by atoms with Gasteiger partial charge in [0.05, 0.1) is 22.0 Å². The number of hydrogen-bond donors (Lipinski definition) is 1. The van der Waals surface area contributed by atoms with Gasteiger partial charge in [0.2, 0.25) is 10.0 Å². The molecule has 2 aliphatic heterocycles. The minimum atomic E-state index is -3.83. The van der Waals surface area contributed by atoms with Crippen LogP contribution in [0.5, 0.6) is 0 Å². The van der Waals surface area contributed by atoms with Crippen molar-refractivity contribution in [2.45, 2.75) is 42.7 Å². The Hall–Kier alpha value is -1.55. The number of rotatable bonds is 4. The summed E-state index contributed by atoms with van der Waals surface area (Å²) in [7, 11) is -3.83. The van der Waals surface area contributed by atoms with Crippen molar-refractivity contribution in [3.63, 3.8) is 0 Å². The van der Waals surface area contributed by atoms with Crippen LogP contribution in [-0.2, 0) is 19.5 Å². The molecule has 2 heterocycles. The van der Waals surface area contributed by atoms with E-state index >= 15 is 0 Å². The van der Waals surface area contributed by atoms with Gasteiger partial charge in [0.15, 0.2) is 0 Å². The molecule has 132 valence electrons. The quantitative estimate of drug-likeness (QED) is 0.647. The van der Waals surface area contributed by atoms with Crippen LogP contribution in [0.4, 0.5) is 5.69 Å². The molecule has 2 atom stereocenters. The van der Waals surface area contributed by atoms with Crippen LogP contribution in [0.15, 0.2) is 23.1 Å². The Bertz CT molecular complexity index is 742. The van der Waals surface area contributed by atoms with Gasteiger partial charge in [-0.3, -0.25) is 10.1 Å². The zero-order chi connectivity index (χ0) is 17.4. The van der Waals surface area contributed by atoms with E-state index in [9.17, 15) is 18.5 Å². The molecule has 2 fully saturated rings. The van der Waals surface area contributed by atoms with Crippen molar-refractivity contribution < 1.29 is 22.8 Å². The third-order valence-corrected chi connectivity index (χ3v) is 6.09. The topological polar surface area (TPSA) is 108 Å². The van der Waals surface area contributed by atoms with Crippen molar-refractivity contribution in [1.29, 1.82) is 0 Å². The number of benzene rings is 1. The van der Waals surface area contributed by atoms with E-state index in [0.717, 1.165) is 12.5 Å². The van der Waals surface area contributed by atoms with E-state index in [1.807, 2.05) is 0 Å². The second-order valence-corrected chi connectivity index (χ2v) is 8.06. The fourth-order valence-electron chi connectivity index (χ4n) is 3.23. The largest absolute Gasteiger partial charge is 0.378 e. The normalized spacial score (nSPS) is 27.5. The molecule has 1 aromatic carbocycles. The highest BCUT2D eigenvalue weighted by Gasteiger charge is 2.42. The number of ether oxygens (including phenoxy) is 2. The molecule has 9 heteroatoms. The molecule has 8 nitrogen and oxygen atoms in total. The molecular weight excluding hydrogens is 336 g/mol. The molecular formula is C15H20N2O6S. The van der Waals surface area contributed by atoms with Crippen LogP contribution in [0.2, 0.25) is 0 Å². The second-order valence-electron chi connectivity index (χ2n) is 6.35. The van der Waals surface area contributed by atoms with E-state index in [-0.39, 0.29) is 16.6 Å². The first-order valence-electron chi connectivity index (χ1n) is 7.80. The molecule has 1 aromatic rings. The molecule has 0 unspecified atom stereocenters. The predicted molar refractivity (Wildman–Crippen MR) is 85.3 cm³/mol. The van der Waals surface area contributed by atoms with Crippen molar-refractivity contribution in [3.05, 3.63) is 33.9 Å². The van der Waals surface area contributed by atoms with Crippen molar-refractivity contribution >= 4 is 15.7 Å². The Labute approximate surface area is 140 Å². The molecule has 24 heavy (non-hydrogen) atoms. The summed E-state index contributed by atoms with van der Waals surface area (Å²) in [6.07, 6.45) is 1.86. The van der Waals surface area contributed by atoms with Gasteiger partial charge >= 0.3 is 0 Å². The van der Waals surface area contributed by atoms with Crippen LogP contribution < -0.4 is 4.72 Å². The molecule has 0 amide bonds. The minimum Gasteiger partial charge on any atom is -0.378 e. The van der Waals surface area contributed by atoms with Gasteiger partial charge in [-0.15, -0.1) is 0 Å². The lowest BCUT2D eigenvalue weighted by molar-refractivity contribution is -0.385. The van der Waals surface area contributed by atoms with E-state index in [2.05, 4.69) is 4.72 Å². The van der Waals surface area contributed by atoms with E-state index in [1.165, 1.54) is 12.1 Å². The molecule has 0 aromatic heterocycles. The SMILES string of the molecule is Cc1ccc(S(=O)(=O)N[C@@H]2CCO[C@@]3(CCOC3)C2)cc1[N+](=O)[O-]. The van der Waals surface area contributed by atoms with Gasteiger partial charge in [0.25, 0.3) is 5.69 Å². The van der Waals surface area contributed by atoms with Crippen molar-refractivity contribution in [1.82, 2.24) is 4.72 Å². The number of nitro groups is 1. The number of nitrogens with zero attached hydrogens (tertiary/aromatic N) is 1. The van der Waals surface area contributed by atoms with Crippen LogP contribution in [0, 0.1) is 17.0 Å². The summed E-state index contributed by atoms with van der Waals surface area (Å²) in [5.74, 6) is 0. The fraction of sp³-hybridized carbons (Fsp3) is 0.600. The van der Waals surface area contributed by atoms with Crippen LogP contribution in [0.1, 0.15) is 24.8 Å². The Morgan fingerprint density at radius 2 is 2.17 bits per heavy atom. The monoisotopic (exact) mass is 356 g/mol. The van der Waals surface area contributed by atoms with E-state index < -0.39 is 20.5 Å². The summed E-state index contributed by atoms with van der Waals surface area (Å²) >= 11 is 0. The van der Waals surface area contributed by atoms with Crippen molar-refractivity contribution in [2.24, 2.45) is 0 Å². The lowest BCUT2D eigenvalue weighted by Crippen LogP contribution is -2.48. The van der Waals surface area contributed by atoms with Gasteiger partial charge < -0.3 is 9.47 Å². The number of aryl methyl sites for hydroxylation is 1. The maximum atomic E-state index is 12.6. The highest BCUT2D eigenvalue weighted by Crippen LogP contribution is 2.33. The fourth-order valence-corrected chi connectivity index (χ4v) is 4.52. The summed E-state index contributed by atoms with van der Waals surface area (Å²) in [5, 5.41) is 11.0. The molecule has 1 N–H and O–H groups in total. The molecule has 2 aliphatic rings. The Morgan fingerprint density at radius 3 is 2.83 bits per heavy atom. The predicted octanol–water partition coefficient (Wildman–Crippen LogP) is 1.52. The van der Waals surface area contributed by atoms with E-state index in [4.69, 9.17) is 9.47 Å². The summed E-state index contributed by atoms with van der Waals surface area (Å²) < 4.78 is 39.0. The van der Waals surface area contributed by atoms with Gasteiger partial charge in [-0.2, -0.15) is 0 Å². The Kier molecular flexibility index (Phi) is 4.60. The van der Waals surface area contributed by atoms with Gasteiger partial charge in [-0.25, -0.2) is 13.1 Å². The summed E-state index contributed by atoms with van der Waals surface area (Å²) in [5.41, 5.74) is -0.192. The first-order chi connectivity index (χ1) is 11.3. The average molecular weight is 356 g/mol. The van der Waals surface area contributed by atoms with Crippen LogP contribution >= 0.6 is 0 Å². The molecule has 0 saturated carbocycles. The highest BCUT2D eigenvalue weighted by atomic mass is 32.2. The van der Waals surface area contributed by atoms with Crippen LogP contribution in [-0.4, -0.2) is 44.8 Å². The molecule has 3 rings (SSSR count). The third-order valence-electron chi connectivity index (χ3n) is 4.57. The maximum absolute atomic E-state index is 12.6. The molecule has 0 bridgehead atoms. The third kappa shape index (κ3) is 3.44. The first kappa shape index (κ1) is 17.3. The number of nitrogens with one attached hydrogen (secondary N) is 1. The number of sulfonamides is 1. The summed E-state index contributed by atoms with van der Waals surface area (Å²) in [4.78, 5) is 10.4. The second kappa shape index (κ2) is 6.40. The summed E-state index contributed by atoms with van der Waals surface area (Å²) in [6.45, 7) is 3.12. The average Bonchev–Trinajstić information content (AvgIpc) is 2.94. The molecule has 0 radical (unpaired) electrons. The lowest BCUT2D eigenvalue weighted by Gasteiger charge is -2.37. The lowest BCUT2D eigenvalue weighted by atomic mass is 9.90. The van der Waals surface area contributed by atoms with Crippen LogP contribution in [0.3, 0.4) is 0 Å².